The van der Waals surface area contributed by atoms with Crippen molar-refractivity contribution in [1.29, 1.82) is 0 Å². The molecule has 0 fully saturated rings. The van der Waals surface area contributed by atoms with Gasteiger partial charge in [-0.2, -0.15) is 0 Å². The van der Waals surface area contributed by atoms with E-state index < -0.39 is 205 Å². The largest absolute Gasteiger partial charge is 0.480 e. The van der Waals surface area contributed by atoms with Gasteiger partial charge in [-0.05, 0) is 168 Å². The lowest BCUT2D eigenvalue weighted by atomic mass is 10.0. The van der Waals surface area contributed by atoms with E-state index in [1.54, 1.807) is 44.2 Å². The van der Waals surface area contributed by atoms with Crippen molar-refractivity contribution in [2.75, 3.05) is 65.5 Å². The number of aliphatic imine (C=N–C) groups is 3. The van der Waals surface area contributed by atoms with E-state index in [1.807, 2.05) is 0 Å². The molecule has 0 aliphatic rings. The van der Waals surface area contributed by atoms with E-state index in [-0.39, 0.29) is 147 Å². The summed E-state index contributed by atoms with van der Waals surface area (Å²) in [4.78, 5) is 228. The maximum Gasteiger partial charge on any atom is 0.326 e. The Bertz CT molecular complexity index is 3570. The molecule has 0 heterocycles. The van der Waals surface area contributed by atoms with Crippen LogP contribution >= 0.6 is 0 Å². The van der Waals surface area contributed by atoms with E-state index >= 15 is 0 Å². The highest BCUT2D eigenvalue weighted by molar-refractivity contribution is 6.00. The van der Waals surface area contributed by atoms with Crippen LogP contribution in [0.25, 0.3) is 0 Å². The summed E-state index contributed by atoms with van der Waals surface area (Å²) in [5.41, 5.74) is 56.9. The Labute approximate surface area is 696 Å². The molecule has 0 spiro atoms. The first kappa shape index (κ1) is 106. The molecule has 1 aromatic carbocycles. The number of hydrogen-bond acceptors (Lipinski definition) is 25. The molecule has 0 aliphatic heterocycles. The fraction of sp³-hybridized carbons (Fsp3) is 0.658. The summed E-state index contributed by atoms with van der Waals surface area (Å²) < 4.78 is 0. The molecule has 0 aliphatic carbocycles. The van der Waals surface area contributed by atoms with Crippen LogP contribution in [0, 0.1) is 5.92 Å². The van der Waals surface area contributed by atoms with Crippen molar-refractivity contribution in [3.05, 3.63) is 35.9 Å². The van der Waals surface area contributed by atoms with Crippen LogP contribution in [0.15, 0.2) is 45.3 Å². The molecule has 47 nitrogen and oxygen atoms in total. The highest BCUT2D eigenvalue weighted by atomic mass is 16.4. The molecule has 14 unspecified atom stereocenters. The molecular formula is C73H130N28O19. The van der Waals surface area contributed by atoms with Gasteiger partial charge >= 0.3 is 5.97 Å². The fourth-order valence-electron chi connectivity index (χ4n) is 11.3. The van der Waals surface area contributed by atoms with Gasteiger partial charge in [0.1, 0.15) is 72.5 Å². The second kappa shape index (κ2) is 59.1. The number of amides is 15. The van der Waals surface area contributed by atoms with E-state index in [9.17, 15) is 92.0 Å². The number of nitrogens with two attached hydrogens (primary N) is 10. The van der Waals surface area contributed by atoms with Crippen molar-refractivity contribution < 1.29 is 92.0 Å². The van der Waals surface area contributed by atoms with Gasteiger partial charge in [-0.3, -0.25) is 86.9 Å². The number of aliphatic hydroxyl groups is 2. The number of carbonyl (C=O) groups excluding carboxylic acids is 15. The zero-order valence-corrected chi connectivity index (χ0v) is 69.1. The molecule has 120 heavy (non-hydrogen) atoms. The number of rotatable bonds is 61. The molecule has 47 heteroatoms. The van der Waals surface area contributed by atoms with Crippen molar-refractivity contribution in [3.8, 4) is 0 Å². The third-order valence-corrected chi connectivity index (χ3v) is 17.9. The number of guanidine groups is 3. The van der Waals surface area contributed by atoms with Crippen molar-refractivity contribution in [1.82, 2.24) is 79.8 Å². The monoisotopic (exact) mass is 1700 g/mol. The highest BCUT2D eigenvalue weighted by Gasteiger charge is 2.36. The van der Waals surface area contributed by atoms with Crippen molar-refractivity contribution in [3.63, 3.8) is 0 Å². The minimum atomic E-state index is -1.82. The molecule has 0 saturated carbocycles. The van der Waals surface area contributed by atoms with E-state index in [4.69, 9.17) is 57.3 Å². The van der Waals surface area contributed by atoms with E-state index in [1.165, 1.54) is 20.8 Å². The Morgan fingerprint density at radius 3 is 1.05 bits per heavy atom. The lowest BCUT2D eigenvalue weighted by Gasteiger charge is -2.28. The molecule has 14 atom stereocenters. The molecule has 0 aromatic heterocycles. The van der Waals surface area contributed by atoms with Crippen LogP contribution in [-0.2, 0) is 83.1 Å². The van der Waals surface area contributed by atoms with Gasteiger partial charge in [-0.15, -0.1) is 0 Å². The number of carboxylic acid groups (broad SMARTS) is 1. The van der Waals surface area contributed by atoms with Crippen LogP contribution in [0.2, 0.25) is 0 Å². The minimum Gasteiger partial charge on any atom is -0.480 e. The fourth-order valence-corrected chi connectivity index (χ4v) is 11.3. The van der Waals surface area contributed by atoms with Gasteiger partial charge < -0.3 is 152 Å². The first-order valence-electron chi connectivity index (χ1n) is 39.7. The molecule has 15 amide bonds. The Balaban J connectivity index is 3.36. The van der Waals surface area contributed by atoms with Crippen molar-refractivity contribution in [2.45, 2.75) is 235 Å². The highest BCUT2D eigenvalue weighted by Crippen LogP contribution is 2.13. The molecule has 1 aromatic rings. The first-order valence-corrected chi connectivity index (χ1v) is 39.7. The van der Waals surface area contributed by atoms with Crippen molar-refractivity contribution in [2.24, 2.45) is 78.2 Å². The van der Waals surface area contributed by atoms with Gasteiger partial charge in [-0.1, -0.05) is 44.2 Å². The van der Waals surface area contributed by atoms with Crippen LogP contribution in [0.1, 0.15) is 150 Å². The van der Waals surface area contributed by atoms with E-state index in [2.05, 4.69) is 94.7 Å². The van der Waals surface area contributed by atoms with Crippen LogP contribution in [0.4, 0.5) is 0 Å². The number of nitrogens with one attached hydrogen (secondary N) is 15. The normalized spacial score (nSPS) is 14.4. The predicted octanol–water partition coefficient (Wildman–Crippen LogP) is -11.2. The number of unbranched alkanes of at least 4 members (excludes halogenated alkanes) is 3. The van der Waals surface area contributed by atoms with Gasteiger partial charge in [0.15, 0.2) is 17.9 Å². The maximum atomic E-state index is 14.4. The Morgan fingerprint density at radius 1 is 0.358 bits per heavy atom. The van der Waals surface area contributed by atoms with Crippen molar-refractivity contribution >= 4 is 112 Å². The lowest BCUT2D eigenvalue weighted by Crippen LogP contribution is -2.60. The summed E-state index contributed by atoms with van der Waals surface area (Å²) in [5.74, 6) is -16.3. The third kappa shape index (κ3) is 45.3. The molecule has 1 rings (SSSR count). The van der Waals surface area contributed by atoms with E-state index in [0.29, 0.717) is 25.7 Å². The zero-order valence-electron chi connectivity index (χ0n) is 69.1. The average molecular weight is 1700 g/mol. The maximum absolute atomic E-state index is 14.4. The Kier molecular flexibility index (Phi) is 52.3. The van der Waals surface area contributed by atoms with Gasteiger partial charge in [0.05, 0.1) is 38.4 Å². The molecular weight excluding hydrogens is 1570 g/mol. The summed E-state index contributed by atoms with van der Waals surface area (Å²) in [6.45, 7) is 5.79. The van der Waals surface area contributed by atoms with Crippen LogP contribution in [-0.4, -0.2) is 278 Å². The quantitative estimate of drug-likeness (QED) is 0.0164. The summed E-state index contributed by atoms with van der Waals surface area (Å²) >= 11 is 0. The number of benzene rings is 1. The number of carboxylic acids is 1. The molecule has 38 N–H and O–H groups in total. The zero-order chi connectivity index (χ0) is 90.6. The van der Waals surface area contributed by atoms with E-state index in [0.717, 1.165) is 12.5 Å². The van der Waals surface area contributed by atoms with Crippen LogP contribution < -0.4 is 137 Å². The molecule has 676 valence electrons. The third-order valence-electron chi connectivity index (χ3n) is 17.9. The number of aliphatic carboxylic acids is 1. The minimum absolute atomic E-state index is 0.00519. The number of hydrogen-bond donors (Lipinski definition) is 28. The van der Waals surface area contributed by atoms with Crippen LogP contribution in [0.5, 0.6) is 0 Å². The SMILES string of the molecule is CC(C)CC(NC(=O)C(CCCCN)NC(=O)C(CCCN=C(N)N)NC(=O)C(C)NC(=O)C(CO)NC(=O)C(CCCCN)NC(=O)C(CCCN=C(N)N)NC(=O)C(C)NC(=O)CNC(=O)C(NC(=O)CNC(=O)CNC(=O)C(N)Cc1ccccc1)C(C)O)C(=O)NC(C)C(=O)NC(CCCN=C(N)N)C(=O)NC(CCCCN)C(=O)O. The van der Waals surface area contributed by atoms with Gasteiger partial charge in [0.2, 0.25) is 88.6 Å². The Hall–Kier alpha value is -11.7. The Morgan fingerprint density at radius 2 is 0.675 bits per heavy atom. The summed E-state index contributed by atoms with van der Waals surface area (Å²) in [7, 11) is 0. The number of carbonyl (C=O) groups is 16. The topological polar surface area (TPSA) is 812 Å². The average Bonchev–Trinajstić information content (AvgIpc) is 0.858. The summed E-state index contributed by atoms with van der Waals surface area (Å²) in [6.07, 6.45) is 0.323. The lowest BCUT2D eigenvalue weighted by molar-refractivity contribution is -0.142. The number of nitrogens with zero attached hydrogens (tertiary/aromatic N) is 3. The summed E-state index contributed by atoms with van der Waals surface area (Å²) in [6, 6.07) is -9.81. The smallest absolute Gasteiger partial charge is 0.326 e. The number of aliphatic hydroxyl groups excluding tert-OH is 2. The van der Waals surface area contributed by atoms with Gasteiger partial charge in [-0.25, -0.2) is 4.79 Å². The predicted molar refractivity (Wildman–Crippen MR) is 442 cm³/mol. The molecule has 0 saturated heterocycles. The molecule has 0 bridgehead atoms. The van der Waals surface area contributed by atoms with Gasteiger partial charge in [0, 0.05) is 19.6 Å². The second-order valence-electron chi connectivity index (χ2n) is 28.9. The second-order valence-corrected chi connectivity index (χ2v) is 28.9. The van der Waals surface area contributed by atoms with Crippen LogP contribution in [0.3, 0.4) is 0 Å². The summed E-state index contributed by atoms with van der Waals surface area (Å²) in [5, 5.41) is 67.3. The van der Waals surface area contributed by atoms with Gasteiger partial charge in [0.25, 0.3) is 0 Å². The standard InChI is InChI=1S/C73H130N28O19/c1-39(2)33-52(67(116)91-41(4)59(108)95-50(26-18-32-86-73(82)83)64(113)98-51(70(119)120)23-12-15-29-76)99-65(114)46(21-10-13-27-74)96-63(112)49(25-17-31-85-72(80)81)94-60(109)42(5)92-68(117)53(38-102)100-66(115)47(22-11-14-28-75)97-62(111)48(24-16-30-84-71(78)79)93-58(107)40(3)90-55(105)37-89-69(118)57(43(6)103)101-56(106)36-87-54(104)35-88-61(110)45(77)34-44-19-8-7-9-20-44/h7-9,19-20,39-43,45-53,57,102-103H,10-18,21-38,74-77H2,1-6H3,(H,87,104)(H,88,110)(H,89,118)(H,90,105)(H,91,116)(H,92,117)(H,93,107)(H,94,109)(H,95,108)(H,96,112)(H,97,111)(H,98,113)(H,99,114)(H,100,115)(H,101,106)(H,119,120)(H4,78,79,84)(H4,80,81,85)(H4,82,83,86). The molecule has 0 radical (unpaired) electrons. The first-order chi connectivity index (χ1) is 56.7.